The Kier molecular flexibility index (Phi) is 5.21. The molecule has 0 aromatic heterocycles. The van der Waals surface area contributed by atoms with E-state index >= 15 is 0 Å². The van der Waals surface area contributed by atoms with Crippen LogP contribution in [-0.4, -0.2) is 12.7 Å². The molecule has 0 bridgehead atoms. The van der Waals surface area contributed by atoms with E-state index in [9.17, 15) is 18.0 Å². The van der Waals surface area contributed by atoms with E-state index in [1.54, 1.807) is 0 Å². The van der Waals surface area contributed by atoms with Crippen molar-refractivity contribution in [3.63, 3.8) is 0 Å². The van der Waals surface area contributed by atoms with Crippen LogP contribution in [0.1, 0.15) is 31.0 Å². The highest BCUT2D eigenvalue weighted by Crippen LogP contribution is 2.41. The summed E-state index contributed by atoms with van der Waals surface area (Å²) in [7, 11) is 0. The lowest BCUT2D eigenvalue weighted by Gasteiger charge is -2.39. The molecule has 0 spiro atoms. The van der Waals surface area contributed by atoms with E-state index in [4.69, 9.17) is 4.74 Å². The summed E-state index contributed by atoms with van der Waals surface area (Å²) < 4.78 is 43.8. The summed E-state index contributed by atoms with van der Waals surface area (Å²) in [5.74, 6) is 0. The molecule has 1 amide bonds. The fourth-order valence-electron chi connectivity index (χ4n) is 2.13. The van der Waals surface area contributed by atoms with Crippen molar-refractivity contribution < 1.29 is 22.7 Å². The number of carbonyl (C=O) groups is 1. The van der Waals surface area contributed by atoms with E-state index < -0.39 is 29.3 Å². The first-order chi connectivity index (χ1) is 9.11. The Balaban J connectivity index is 0.00000220. The lowest BCUT2D eigenvalue weighted by Crippen LogP contribution is -2.47. The van der Waals surface area contributed by atoms with E-state index in [1.165, 1.54) is 6.07 Å². The molecule has 1 atom stereocenters. The number of hydrogen-bond acceptors (Lipinski definition) is 2. The highest BCUT2D eigenvalue weighted by molar-refractivity contribution is 9.10. The molecule has 2 rings (SSSR count). The van der Waals surface area contributed by atoms with Gasteiger partial charge in [-0.1, -0.05) is 29.8 Å². The van der Waals surface area contributed by atoms with E-state index in [2.05, 4.69) is 21.2 Å². The van der Waals surface area contributed by atoms with Crippen LogP contribution >= 0.6 is 28.3 Å². The number of benzene rings is 1. The van der Waals surface area contributed by atoms with E-state index in [1.807, 2.05) is 13.8 Å². The number of rotatable bonds is 1. The van der Waals surface area contributed by atoms with Crippen molar-refractivity contribution in [2.75, 3.05) is 6.61 Å². The van der Waals surface area contributed by atoms with Crippen molar-refractivity contribution in [2.24, 2.45) is 5.41 Å². The van der Waals surface area contributed by atoms with Crippen LogP contribution in [-0.2, 0) is 10.9 Å². The Labute approximate surface area is 134 Å². The zero-order valence-corrected chi connectivity index (χ0v) is 13.7. The molecule has 1 aliphatic heterocycles. The molecule has 118 valence electrons. The van der Waals surface area contributed by atoms with E-state index in [0.29, 0.717) is 10.0 Å². The fraction of sp³-hybridized carbons (Fsp3) is 0.462. The minimum absolute atomic E-state index is 0. The molecule has 1 aliphatic rings. The molecule has 1 aromatic carbocycles. The summed E-state index contributed by atoms with van der Waals surface area (Å²) in [4.78, 5) is 11.4. The number of halogens is 5. The van der Waals surface area contributed by atoms with Gasteiger partial charge in [0.25, 0.3) is 0 Å². The Bertz CT molecular complexity index is 549. The van der Waals surface area contributed by atoms with Crippen LogP contribution in [0.4, 0.5) is 18.0 Å². The van der Waals surface area contributed by atoms with Crippen LogP contribution in [0, 0.1) is 5.41 Å². The second-order valence-corrected chi connectivity index (χ2v) is 6.23. The topological polar surface area (TPSA) is 38.3 Å². The molecule has 0 unspecified atom stereocenters. The first-order valence-electron chi connectivity index (χ1n) is 5.91. The van der Waals surface area contributed by atoms with Crippen molar-refractivity contribution in [3.05, 3.63) is 33.8 Å². The summed E-state index contributed by atoms with van der Waals surface area (Å²) in [6, 6.07) is 2.85. The lowest BCUT2D eigenvalue weighted by atomic mass is 9.80. The molecule has 0 radical (unpaired) electrons. The van der Waals surface area contributed by atoms with Gasteiger partial charge in [-0.05, 0) is 23.8 Å². The van der Waals surface area contributed by atoms with Gasteiger partial charge in [0.05, 0.1) is 11.6 Å². The molecule has 3 nitrogen and oxygen atoms in total. The third-order valence-corrected chi connectivity index (χ3v) is 3.98. The maximum atomic E-state index is 12.8. The second kappa shape index (κ2) is 6.04. The molecule has 0 aliphatic carbocycles. The smallest absolute Gasteiger partial charge is 0.416 e. The van der Waals surface area contributed by atoms with Crippen molar-refractivity contribution in [1.82, 2.24) is 5.32 Å². The highest BCUT2D eigenvalue weighted by Gasteiger charge is 2.40. The van der Waals surface area contributed by atoms with Gasteiger partial charge >= 0.3 is 12.3 Å². The summed E-state index contributed by atoms with van der Waals surface area (Å²) in [6.07, 6.45) is -5.05. The predicted molar refractivity (Wildman–Crippen MR) is 77.4 cm³/mol. The van der Waals surface area contributed by atoms with Crippen LogP contribution in [0.5, 0.6) is 0 Å². The Morgan fingerprint density at radius 1 is 1.38 bits per heavy atom. The van der Waals surface area contributed by atoms with Gasteiger partial charge in [0, 0.05) is 9.89 Å². The summed E-state index contributed by atoms with van der Waals surface area (Å²) in [5.41, 5.74) is -0.866. The minimum atomic E-state index is -4.42. The van der Waals surface area contributed by atoms with Crippen LogP contribution in [0.2, 0.25) is 0 Å². The summed E-state index contributed by atoms with van der Waals surface area (Å²) in [6.45, 7) is 3.79. The molecule has 1 fully saturated rings. The van der Waals surface area contributed by atoms with Gasteiger partial charge in [-0.2, -0.15) is 13.2 Å². The first kappa shape index (κ1) is 18.1. The SMILES string of the molecule is CC1(C)COC(=O)N[C@@H]1c1cc(C(F)(F)F)ccc1Br.Cl. The monoisotopic (exact) mass is 387 g/mol. The van der Waals surface area contributed by atoms with Gasteiger partial charge in [-0.3, -0.25) is 0 Å². The van der Waals surface area contributed by atoms with E-state index in [0.717, 1.165) is 12.1 Å². The number of cyclic esters (lactones) is 1. The van der Waals surface area contributed by atoms with Gasteiger partial charge in [0.15, 0.2) is 0 Å². The Morgan fingerprint density at radius 2 is 2.00 bits per heavy atom. The number of nitrogens with one attached hydrogen (secondary N) is 1. The van der Waals surface area contributed by atoms with Gasteiger partial charge in [0.1, 0.15) is 6.61 Å². The van der Waals surface area contributed by atoms with Gasteiger partial charge in [-0.25, -0.2) is 4.79 Å². The Hall–Kier alpha value is -0.950. The molecular weight excluding hydrogens is 374 g/mol. The third-order valence-electron chi connectivity index (χ3n) is 3.25. The largest absolute Gasteiger partial charge is 0.449 e. The lowest BCUT2D eigenvalue weighted by molar-refractivity contribution is -0.137. The normalized spacial score (nSPS) is 21.0. The molecule has 0 saturated carbocycles. The molecule has 1 N–H and O–H groups in total. The molecule has 1 saturated heterocycles. The standard InChI is InChI=1S/C13H13BrF3NO2.ClH/c1-12(2)6-20-11(19)18-10(12)8-5-7(13(15,16)17)3-4-9(8)14;/h3-5,10H,6H2,1-2H3,(H,18,19);1H/t10-;/m1./s1. The number of ether oxygens (including phenoxy) is 1. The van der Waals surface area contributed by atoms with Crippen LogP contribution in [0.15, 0.2) is 22.7 Å². The van der Waals surface area contributed by atoms with E-state index in [-0.39, 0.29) is 19.0 Å². The molecular formula is C13H14BrClF3NO2. The first-order valence-corrected chi connectivity index (χ1v) is 6.70. The summed E-state index contributed by atoms with van der Waals surface area (Å²) >= 11 is 3.24. The zero-order chi connectivity index (χ0) is 15.1. The number of alkyl carbamates (subject to hydrolysis) is 1. The van der Waals surface area contributed by atoms with Crippen LogP contribution < -0.4 is 5.32 Å². The Morgan fingerprint density at radius 3 is 2.57 bits per heavy atom. The van der Waals surface area contributed by atoms with Crippen LogP contribution in [0.3, 0.4) is 0 Å². The average Bonchev–Trinajstić information content (AvgIpc) is 2.32. The average molecular weight is 389 g/mol. The number of carbonyl (C=O) groups excluding carboxylic acids is 1. The molecule has 1 aromatic rings. The molecule has 8 heteroatoms. The number of amides is 1. The van der Waals surface area contributed by atoms with Crippen molar-refractivity contribution in [1.29, 1.82) is 0 Å². The van der Waals surface area contributed by atoms with Crippen LogP contribution in [0.25, 0.3) is 0 Å². The predicted octanol–water partition coefficient (Wildman–Crippen LogP) is 4.70. The highest BCUT2D eigenvalue weighted by atomic mass is 79.9. The maximum Gasteiger partial charge on any atom is 0.416 e. The fourth-order valence-corrected chi connectivity index (χ4v) is 2.61. The van der Waals surface area contributed by atoms with Crippen molar-refractivity contribution in [2.45, 2.75) is 26.1 Å². The van der Waals surface area contributed by atoms with Gasteiger partial charge in [-0.15, -0.1) is 12.4 Å². The quantitative estimate of drug-likeness (QED) is 0.757. The third kappa shape index (κ3) is 3.83. The number of alkyl halides is 3. The zero-order valence-electron chi connectivity index (χ0n) is 11.3. The summed E-state index contributed by atoms with van der Waals surface area (Å²) in [5, 5.41) is 2.58. The van der Waals surface area contributed by atoms with Gasteiger partial charge < -0.3 is 10.1 Å². The van der Waals surface area contributed by atoms with Crippen molar-refractivity contribution in [3.8, 4) is 0 Å². The van der Waals surface area contributed by atoms with Gasteiger partial charge in [0.2, 0.25) is 0 Å². The minimum Gasteiger partial charge on any atom is -0.449 e. The second-order valence-electron chi connectivity index (χ2n) is 5.38. The van der Waals surface area contributed by atoms with Crippen molar-refractivity contribution >= 4 is 34.4 Å². The molecule has 21 heavy (non-hydrogen) atoms. The molecule has 1 heterocycles. The number of hydrogen-bond donors (Lipinski definition) is 1. The maximum absolute atomic E-state index is 12.8.